The molecule has 1 aliphatic heterocycles. The van der Waals surface area contributed by atoms with E-state index in [-0.39, 0.29) is 23.2 Å². The topological polar surface area (TPSA) is 76.5 Å². The normalized spacial score (nSPS) is 17.4. The summed E-state index contributed by atoms with van der Waals surface area (Å²) in [6, 6.07) is 18.7. The molecule has 3 heterocycles. The van der Waals surface area contributed by atoms with Gasteiger partial charge >= 0.3 is 6.03 Å². The molecule has 1 saturated heterocycles. The maximum atomic E-state index is 13.7. The lowest BCUT2D eigenvalue weighted by Crippen LogP contribution is -2.34. The van der Waals surface area contributed by atoms with E-state index in [4.69, 9.17) is 4.74 Å². The molecule has 7 nitrogen and oxygen atoms in total. The minimum atomic E-state index is -0.368. The van der Waals surface area contributed by atoms with Crippen LogP contribution in [-0.4, -0.2) is 52.2 Å². The van der Waals surface area contributed by atoms with Gasteiger partial charge in [-0.1, -0.05) is 48.5 Å². The summed E-state index contributed by atoms with van der Waals surface area (Å²) in [7, 11) is 3.38. The maximum absolute atomic E-state index is 13.7. The van der Waals surface area contributed by atoms with Gasteiger partial charge in [-0.25, -0.2) is 4.79 Å². The van der Waals surface area contributed by atoms with Crippen LogP contribution in [-0.2, 0) is 6.61 Å². The second-order valence-corrected chi connectivity index (χ2v) is 9.74. The highest BCUT2D eigenvalue weighted by Crippen LogP contribution is 2.36. The zero-order valence-electron chi connectivity index (χ0n) is 19.5. The number of amides is 1. The molecule has 0 saturated carbocycles. The number of nitrogens with zero attached hydrogens (tertiary/aromatic N) is 3. The molecule has 1 fully saturated rings. The number of benzene rings is 2. The molecular weight excluding hydrogens is 460 g/mol. The van der Waals surface area contributed by atoms with Gasteiger partial charge in [0.15, 0.2) is 5.78 Å². The van der Waals surface area contributed by atoms with E-state index in [1.54, 1.807) is 38.3 Å². The molecule has 35 heavy (non-hydrogen) atoms. The lowest BCUT2D eigenvalue weighted by molar-refractivity contribution is 0.0957. The molecule has 2 aromatic carbocycles. The van der Waals surface area contributed by atoms with Crippen molar-refractivity contribution in [3.8, 4) is 5.75 Å². The predicted molar refractivity (Wildman–Crippen MR) is 138 cm³/mol. The largest absolute Gasteiger partial charge is 0.487 e. The Balaban J connectivity index is 1.48. The number of Topliss-reactive ketones (excluding diaryl/α,β-unsaturated/α-hetero) is 1. The van der Waals surface area contributed by atoms with Crippen LogP contribution in [0.3, 0.4) is 0 Å². The van der Waals surface area contributed by atoms with Crippen molar-refractivity contribution in [3.05, 3.63) is 95.9 Å². The van der Waals surface area contributed by atoms with E-state index < -0.39 is 0 Å². The van der Waals surface area contributed by atoms with Crippen LogP contribution in [0.15, 0.2) is 79.3 Å². The zero-order chi connectivity index (χ0) is 24.4. The number of carbonyl (C=O) groups is 2. The van der Waals surface area contributed by atoms with Gasteiger partial charge in [0, 0.05) is 49.4 Å². The van der Waals surface area contributed by atoms with E-state index in [0.29, 0.717) is 34.6 Å². The first-order chi connectivity index (χ1) is 17.0. The smallest absolute Gasteiger partial charge is 0.328 e. The van der Waals surface area contributed by atoms with Gasteiger partial charge in [0.2, 0.25) is 0 Å². The molecule has 0 radical (unpaired) electrons. The standard InChI is InChI=1S/C27H26N4O3S/c1-30(2)27(33)31-15-21(25(32)22-17-35-26(29-22)19-10-7-13-28-14-19)20-11-6-12-23(24(20)31)34-16-18-8-4-3-5-9-18/h3-15,22,26,29H,16-17H2,1-2H3/t22-,26-/m0/s1. The third kappa shape index (κ3) is 4.67. The quantitative estimate of drug-likeness (QED) is 0.397. The summed E-state index contributed by atoms with van der Waals surface area (Å²) in [5.41, 5.74) is 3.16. The van der Waals surface area contributed by atoms with Gasteiger partial charge in [-0.3, -0.25) is 19.7 Å². The fraction of sp³-hybridized carbons (Fsp3) is 0.222. The van der Waals surface area contributed by atoms with Crippen LogP contribution >= 0.6 is 11.8 Å². The fourth-order valence-electron chi connectivity index (χ4n) is 4.20. The molecule has 178 valence electrons. The van der Waals surface area contributed by atoms with Crippen LogP contribution in [0.1, 0.15) is 26.9 Å². The van der Waals surface area contributed by atoms with Gasteiger partial charge in [0.25, 0.3) is 0 Å². The van der Waals surface area contributed by atoms with Crippen molar-refractivity contribution < 1.29 is 14.3 Å². The average Bonchev–Trinajstić information content (AvgIpc) is 3.54. The second kappa shape index (κ2) is 9.93. The molecule has 1 amide bonds. The molecule has 5 rings (SSSR count). The highest BCUT2D eigenvalue weighted by atomic mass is 32.2. The number of rotatable bonds is 6. The summed E-state index contributed by atoms with van der Waals surface area (Å²) >= 11 is 1.68. The summed E-state index contributed by atoms with van der Waals surface area (Å²) in [6.07, 6.45) is 5.20. The van der Waals surface area contributed by atoms with Crippen LogP contribution < -0.4 is 10.1 Å². The molecule has 4 aromatic rings. The van der Waals surface area contributed by atoms with Gasteiger partial charge in [-0.2, -0.15) is 0 Å². The summed E-state index contributed by atoms with van der Waals surface area (Å²) < 4.78 is 7.66. The van der Waals surface area contributed by atoms with Crippen LogP contribution in [0.25, 0.3) is 10.9 Å². The Hall–Kier alpha value is -3.62. The number of para-hydroxylation sites is 1. The minimum absolute atomic E-state index is 0.000765. The SMILES string of the molecule is CN(C)C(=O)n1cc(C(=O)[C@@H]2CS[C@@H](c3cccnc3)N2)c2cccc(OCc3ccccc3)c21. The first-order valence-corrected chi connectivity index (χ1v) is 12.4. The van der Waals surface area contributed by atoms with E-state index in [9.17, 15) is 9.59 Å². The summed E-state index contributed by atoms with van der Waals surface area (Å²) in [6.45, 7) is 0.359. The summed E-state index contributed by atoms with van der Waals surface area (Å²) in [5.74, 6) is 1.15. The molecule has 0 unspecified atom stereocenters. The van der Waals surface area contributed by atoms with E-state index in [0.717, 1.165) is 11.1 Å². The number of pyridine rings is 1. The number of nitrogens with one attached hydrogen (secondary N) is 1. The summed E-state index contributed by atoms with van der Waals surface area (Å²) in [4.78, 5) is 32.4. The van der Waals surface area contributed by atoms with Crippen LogP contribution in [0.4, 0.5) is 4.79 Å². The number of ether oxygens (including phenoxy) is 1. The Morgan fingerprint density at radius 1 is 1.11 bits per heavy atom. The fourth-order valence-corrected chi connectivity index (χ4v) is 5.42. The number of aromatic nitrogens is 2. The zero-order valence-corrected chi connectivity index (χ0v) is 20.4. The Morgan fingerprint density at radius 2 is 1.94 bits per heavy atom. The van der Waals surface area contributed by atoms with Gasteiger partial charge in [0.05, 0.1) is 11.4 Å². The lowest BCUT2D eigenvalue weighted by Gasteiger charge is -2.14. The van der Waals surface area contributed by atoms with Crippen molar-refractivity contribution in [1.29, 1.82) is 0 Å². The number of hydrogen-bond donors (Lipinski definition) is 1. The Labute approximate surface area is 208 Å². The molecule has 2 aromatic heterocycles. The number of carbonyl (C=O) groups excluding carboxylic acids is 2. The van der Waals surface area contributed by atoms with Crippen LogP contribution in [0, 0.1) is 0 Å². The van der Waals surface area contributed by atoms with E-state index >= 15 is 0 Å². The molecule has 8 heteroatoms. The van der Waals surface area contributed by atoms with E-state index in [2.05, 4.69) is 10.3 Å². The van der Waals surface area contributed by atoms with Gasteiger partial charge in [-0.15, -0.1) is 11.8 Å². The van der Waals surface area contributed by atoms with Crippen molar-refractivity contribution >= 4 is 34.5 Å². The lowest BCUT2D eigenvalue weighted by atomic mass is 10.0. The molecular formula is C27H26N4O3S. The van der Waals surface area contributed by atoms with Crippen molar-refractivity contribution in [1.82, 2.24) is 19.8 Å². The van der Waals surface area contributed by atoms with Gasteiger partial charge in [-0.05, 0) is 23.3 Å². The second-order valence-electron chi connectivity index (χ2n) is 8.60. The molecule has 2 atom stereocenters. The predicted octanol–water partition coefficient (Wildman–Crippen LogP) is 4.73. The number of thioether (sulfide) groups is 1. The first kappa shape index (κ1) is 23.1. The van der Waals surface area contributed by atoms with E-state index in [1.807, 2.05) is 66.9 Å². The molecule has 0 aliphatic carbocycles. The summed E-state index contributed by atoms with van der Waals surface area (Å²) in [5, 5.41) is 4.13. The molecule has 0 bridgehead atoms. The maximum Gasteiger partial charge on any atom is 0.328 e. The Morgan fingerprint density at radius 3 is 2.69 bits per heavy atom. The van der Waals surface area contributed by atoms with Crippen molar-refractivity contribution in [2.45, 2.75) is 18.0 Å². The highest BCUT2D eigenvalue weighted by Gasteiger charge is 2.33. The molecule has 1 aliphatic rings. The minimum Gasteiger partial charge on any atom is -0.487 e. The van der Waals surface area contributed by atoms with Crippen molar-refractivity contribution in [2.75, 3.05) is 19.8 Å². The Kier molecular flexibility index (Phi) is 6.57. The van der Waals surface area contributed by atoms with Crippen LogP contribution in [0.2, 0.25) is 0 Å². The highest BCUT2D eigenvalue weighted by molar-refractivity contribution is 7.99. The number of fused-ring (bicyclic) bond motifs is 1. The van der Waals surface area contributed by atoms with Crippen molar-refractivity contribution in [3.63, 3.8) is 0 Å². The van der Waals surface area contributed by atoms with Gasteiger partial charge < -0.3 is 9.64 Å². The van der Waals surface area contributed by atoms with Crippen molar-refractivity contribution in [2.24, 2.45) is 0 Å². The van der Waals surface area contributed by atoms with E-state index in [1.165, 1.54) is 9.47 Å². The molecule has 1 N–H and O–H groups in total. The number of hydrogen-bond acceptors (Lipinski definition) is 6. The molecule has 0 spiro atoms. The monoisotopic (exact) mass is 486 g/mol. The third-order valence-electron chi connectivity index (χ3n) is 5.97. The van der Waals surface area contributed by atoms with Gasteiger partial charge in [0.1, 0.15) is 17.9 Å². The first-order valence-electron chi connectivity index (χ1n) is 11.4. The van der Waals surface area contributed by atoms with Crippen LogP contribution in [0.5, 0.6) is 5.75 Å². The number of ketones is 1. The average molecular weight is 487 g/mol. The Bertz CT molecular complexity index is 1360. The third-order valence-corrected chi connectivity index (χ3v) is 7.23.